The summed E-state index contributed by atoms with van der Waals surface area (Å²) in [7, 11) is 0. The third-order valence-electron chi connectivity index (χ3n) is 4.91. The molecule has 1 fully saturated rings. The highest BCUT2D eigenvalue weighted by Crippen LogP contribution is 2.38. The van der Waals surface area contributed by atoms with E-state index < -0.39 is 0 Å². The molecule has 4 rings (SSSR count). The van der Waals surface area contributed by atoms with E-state index in [4.69, 9.17) is 9.47 Å². The monoisotopic (exact) mass is 342 g/mol. The third-order valence-corrected chi connectivity index (χ3v) is 4.91. The molecule has 2 aliphatic heterocycles. The minimum Gasteiger partial charge on any atom is -0.454 e. The van der Waals surface area contributed by atoms with Crippen LogP contribution in [0.15, 0.2) is 18.2 Å². The third kappa shape index (κ3) is 3.31. The van der Waals surface area contributed by atoms with Gasteiger partial charge in [-0.05, 0) is 42.9 Å². The number of benzene rings is 1. The van der Waals surface area contributed by atoms with Crippen molar-refractivity contribution in [2.24, 2.45) is 5.41 Å². The Labute approximate surface area is 146 Å². The molecule has 0 aliphatic carbocycles. The Bertz CT molecular complexity index is 803. The molecule has 1 saturated heterocycles. The van der Waals surface area contributed by atoms with E-state index in [0.717, 1.165) is 30.2 Å². The van der Waals surface area contributed by atoms with Gasteiger partial charge in [-0.15, -0.1) is 0 Å². The molecule has 1 aromatic heterocycles. The van der Waals surface area contributed by atoms with Gasteiger partial charge in [-0.3, -0.25) is 9.89 Å². The molecular formula is C18H22N4O3. The number of hydrogen-bond donors (Lipinski definition) is 1. The zero-order valence-corrected chi connectivity index (χ0v) is 14.5. The van der Waals surface area contributed by atoms with E-state index in [1.165, 1.54) is 5.56 Å². The molecule has 0 saturated carbocycles. The number of hydrogen-bond acceptors (Lipinski definition) is 5. The normalized spacial score (nSPS) is 22.5. The van der Waals surface area contributed by atoms with Gasteiger partial charge in [0, 0.05) is 13.0 Å². The van der Waals surface area contributed by atoms with Gasteiger partial charge in [0.1, 0.15) is 5.82 Å². The van der Waals surface area contributed by atoms with Gasteiger partial charge in [0.2, 0.25) is 12.7 Å². The molecule has 2 aromatic rings. The summed E-state index contributed by atoms with van der Waals surface area (Å²) in [5, 5.41) is 6.99. The molecule has 7 heteroatoms. The molecule has 1 N–H and O–H groups in total. The number of fused-ring (bicyclic) bond motifs is 1. The van der Waals surface area contributed by atoms with Gasteiger partial charge in [0.25, 0.3) is 0 Å². The highest BCUT2D eigenvalue weighted by molar-refractivity contribution is 5.77. The van der Waals surface area contributed by atoms with Gasteiger partial charge in [0.05, 0.1) is 6.54 Å². The van der Waals surface area contributed by atoms with Gasteiger partial charge in [-0.2, -0.15) is 5.10 Å². The van der Waals surface area contributed by atoms with E-state index in [0.29, 0.717) is 25.3 Å². The molecule has 3 heterocycles. The first-order chi connectivity index (χ1) is 12.0. The lowest BCUT2D eigenvalue weighted by molar-refractivity contribution is -0.138. The second-order valence-corrected chi connectivity index (χ2v) is 7.26. The van der Waals surface area contributed by atoms with Crippen LogP contribution in [0.4, 0.5) is 0 Å². The largest absolute Gasteiger partial charge is 0.454 e. The lowest BCUT2D eigenvalue weighted by Gasteiger charge is -2.40. The Morgan fingerprint density at radius 1 is 1.32 bits per heavy atom. The van der Waals surface area contributed by atoms with E-state index >= 15 is 0 Å². The number of aromatic nitrogens is 3. The van der Waals surface area contributed by atoms with Crippen molar-refractivity contribution in [1.82, 2.24) is 20.1 Å². The zero-order chi connectivity index (χ0) is 17.4. The Kier molecular flexibility index (Phi) is 3.86. The van der Waals surface area contributed by atoms with Crippen molar-refractivity contribution >= 4 is 5.91 Å². The van der Waals surface area contributed by atoms with Gasteiger partial charge < -0.3 is 14.4 Å². The second kappa shape index (κ2) is 6.06. The van der Waals surface area contributed by atoms with E-state index in [-0.39, 0.29) is 18.1 Å². The predicted octanol–water partition coefficient (Wildman–Crippen LogP) is 2.21. The van der Waals surface area contributed by atoms with E-state index in [9.17, 15) is 4.79 Å². The molecule has 0 unspecified atom stereocenters. The van der Waals surface area contributed by atoms with Gasteiger partial charge in [-0.25, -0.2) is 4.98 Å². The maximum Gasteiger partial charge on any atom is 0.231 e. The quantitative estimate of drug-likeness (QED) is 0.921. The molecule has 0 bridgehead atoms. The Morgan fingerprint density at radius 2 is 2.16 bits per heavy atom. The molecule has 1 atom stereocenters. The van der Waals surface area contributed by atoms with E-state index in [1.807, 2.05) is 24.0 Å². The first kappa shape index (κ1) is 15.9. The van der Waals surface area contributed by atoms with Crippen LogP contribution in [0.2, 0.25) is 0 Å². The number of carbonyl (C=O) groups is 1. The van der Waals surface area contributed by atoms with Gasteiger partial charge in [-0.1, -0.05) is 13.0 Å². The van der Waals surface area contributed by atoms with Crippen molar-refractivity contribution < 1.29 is 14.3 Å². The van der Waals surface area contributed by atoms with Gasteiger partial charge >= 0.3 is 0 Å². The summed E-state index contributed by atoms with van der Waals surface area (Å²) >= 11 is 0. The molecule has 25 heavy (non-hydrogen) atoms. The van der Waals surface area contributed by atoms with Crippen LogP contribution in [0.3, 0.4) is 0 Å². The molecule has 0 spiro atoms. The van der Waals surface area contributed by atoms with Crippen LogP contribution in [0.5, 0.6) is 11.5 Å². The van der Waals surface area contributed by atoms with Crippen LogP contribution in [0.1, 0.15) is 37.0 Å². The minimum atomic E-state index is 0.0208. The van der Waals surface area contributed by atoms with Crippen LogP contribution >= 0.6 is 0 Å². The highest BCUT2D eigenvalue weighted by Gasteiger charge is 2.35. The van der Waals surface area contributed by atoms with Crippen molar-refractivity contribution in [1.29, 1.82) is 0 Å². The minimum absolute atomic E-state index is 0.0208. The SMILES string of the molecule is Cc1nc(CN2C[C@@](C)(Cc3ccc4c(c3)OCO4)CCC2=O)n[nH]1. The summed E-state index contributed by atoms with van der Waals surface area (Å²) in [5.74, 6) is 3.21. The maximum atomic E-state index is 12.3. The van der Waals surface area contributed by atoms with Crippen molar-refractivity contribution in [3.05, 3.63) is 35.4 Å². The van der Waals surface area contributed by atoms with Crippen molar-refractivity contribution in [2.45, 2.75) is 39.7 Å². The van der Waals surface area contributed by atoms with Crippen LogP contribution in [-0.4, -0.2) is 39.3 Å². The second-order valence-electron chi connectivity index (χ2n) is 7.26. The summed E-state index contributed by atoms with van der Waals surface area (Å²) in [6.45, 7) is 5.54. The van der Waals surface area contributed by atoms with E-state index in [1.54, 1.807) is 0 Å². The summed E-state index contributed by atoms with van der Waals surface area (Å²) in [6.07, 6.45) is 2.33. The number of nitrogens with one attached hydrogen (secondary N) is 1. The summed E-state index contributed by atoms with van der Waals surface area (Å²) in [5.41, 5.74) is 1.22. The Hall–Kier alpha value is -2.57. The lowest BCUT2D eigenvalue weighted by atomic mass is 9.76. The van der Waals surface area contributed by atoms with E-state index in [2.05, 4.69) is 28.2 Å². The number of ether oxygens (including phenoxy) is 2. The van der Waals surface area contributed by atoms with Crippen molar-refractivity contribution in [3.63, 3.8) is 0 Å². The lowest BCUT2D eigenvalue weighted by Crippen LogP contribution is -2.45. The average molecular weight is 342 g/mol. The van der Waals surface area contributed by atoms with Crippen LogP contribution in [0.25, 0.3) is 0 Å². The number of rotatable bonds is 4. The highest BCUT2D eigenvalue weighted by atomic mass is 16.7. The topological polar surface area (TPSA) is 80.3 Å². The summed E-state index contributed by atoms with van der Waals surface area (Å²) in [6, 6.07) is 6.09. The number of nitrogens with zero attached hydrogens (tertiary/aromatic N) is 3. The molecule has 1 aromatic carbocycles. The first-order valence-corrected chi connectivity index (χ1v) is 8.55. The average Bonchev–Trinajstić information content (AvgIpc) is 3.19. The number of aryl methyl sites for hydroxylation is 1. The van der Waals surface area contributed by atoms with Crippen molar-refractivity contribution in [2.75, 3.05) is 13.3 Å². The number of amides is 1. The molecule has 2 aliphatic rings. The number of likely N-dealkylation sites (tertiary alicyclic amines) is 1. The number of H-pyrrole nitrogens is 1. The van der Waals surface area contributed by atoms with Crippen LogP contribution < -0.4 is 9.47 Å². The standard InChI is InChI=1S/C18H22N4O3/c1-12-19-16(21-20-12)9-22-10-18(2,6-5-17(22)23)8-13-3-4-14-15(7-13)25-11-24-14/h3-4,7H,5-6,8-11H2,1-2H3,(H,19,20,21)/t18-/m1/s1. The van der Waals surface area contributed by atoms with Gasteiger partial charge in [0.15, 0.2) is 17.3 Å². The van der Waals surface area contributed by atoms with Crippen LogP contribution in [-0.2, 0) is 17.8 Å². The fourth-order valence-electron chi connectivity index (χ4n) is 3.66. The molecular weight excluding hydrogens is 320 g/mol. The Balaban J connectivity index is 1.48. The molecule has 7 nitrogen and oxygen atoms in total. The van der Waals surface area contributed by atoms with Crippen LogP contribution in [0, 0.1) is 12.3 Å². The Morgan fingerprint density at radius 3 is 2.96 bits per heavy atom. The summed E-state index contributed by atoms with van der Waals surface area (Å²) in [4.78, 5) is 18.5. The predicted molar refractivity (Wildman–Crippen MR) is 90.1 cm³/mol. The smallest absolute Gasteiger partial charge is 0.231 e. The number of carbonyl (C=O) groups excluding carboxylic acids is 1. The zero-order valence-electron chi connectivity index (χ0n) is 14.5. The first-order valence-electron chi connectivity index (χ1n) is 8.55. The molecule has 1 amide bonds. The van der Waals surface area contributed by atoms with Crippen molar-refractivity contribution in [3.8, 4) is 11.5 Å². The maximum absolute atomic E-state index is 12.3. The number of piperidine rings is 1. The molecule has 132 valence electrons. The number of aromatic amines is 1. The fraction of sp³-hybridized carbons (Fsp3) is 0.500. The summed E-state index contributed by atoms with van der Waals surface area (Å²) < 4.78 is 10.9. The molecule has 0 radical (unpaired) electrons. The fourth-order valence-corrected chi connectivity index (χ4v) is 3.66.